The first-order valence-electron chi connectivity index (χ1n) is 6.40. The Kier molecular flexibility index (Phi) is 4.64. The lowest BCUT2D eigenvalue weighted by Gasteiger charge is -2.05. The molecule has 0 bridgehead atoms. The lowest BCUT2D eigenvalue weighted by atomic mass is 10.2. The molecule has 4 N–H and O–H groups in total. The van der Waals surface area contributed by atoms with Crippen molar-refractivity contribution >= 4 is 26.6 Å². The second-order valence-electron chi connectivity index (χ2n) is 4.56. The molecule has 7 heteroatoms. The second-order valence-corrected chi connectivity index (χ2v) is 6.29. The van der Waals surface area contributed by atoms with Crippen LogP contribution < -0.4 is 10.5 Å². The summed E-state index contributed by atoms with van der Waals surface area (Å²) in [5.41, 5.74) is 6.98. The number of fused-ring (bicyclic) bond motifs is 1. The smallest absolute Gasteiger partial charge is 0.242 e. The third kappa shape index (κ3) is 3.30. The molecule has 0 saturated carbocycles. The number of methoxy groups -OCH3 is 1. The Bertz CT molecular complexity index is 679. The summed E-state index contributed by atoms with van der Waals surface area (Å²) in [7, 11) is -1.88. The van der Waals surface area contributed by atoms with Gasteiger partial charge in [-0.15, -0.1) is 0 Å². The normalized spacial score (nSPS) is 12.1. The minimum absolute atomic E-state index is 0.249. The van der Waals surface area contributed by atoms with Gasteiger partial charge in [-0.25, -0.2) is 13.1 Å². The number of benzene rings is 1. The molecule has 0 aliphatic rings. The van der Waals surface area contributed by atoms with Crippen molar-refractivity contribution in [2.75, 3.05) is 26.0 Å². The minimum Gasteiger partial charge on any atom is -0.399 e. The maximum absolute atomic E-state index is 12.2. The number of H-pyrrole nitrogens is 1. The van der Waals surface area contributed by atoms with Crippen LogP contribution in [0.2, 0.25) is 0 Å². The molecular weight excluding hydrogens is 278 g/mol. The first-order chi connectivity index (χ1) is 9.54. The maximum atomic E-state index is 12.2. The summed E-state index contributed by atoms with van der Waals surface area (Å²) in [6, 6.07) is 5.11. The second kappa shape index (κ2) is 6.25. The Morgan fingerprint density at radius 1 is 1.35 bits per heavy atom. The molecule has 2 aromatic rings. The van der Waals surface area contributed by atoms with E-state index in [-0.39, 0.29) is 4.90 Å². The molecule has 20 heavy (non-hydrogen) atoms. The van der Waals surface area contributed by atoms with Crippen LogP contribution in [0.1, 0.15) is 12.8 Å². The SMILES string of the molecule is COCCCCNS(=O)(=O)c1c[nH]c2cc(N)ccc12. The molecule has 0 spiro atoms. The first kappa shape index (κ1) is 14.8. The van der Waals surface area contributed by atoms with Crippen molar-refractivity contribution in [2.24, 2.45) is 0 Å². The molecule has 0 saturated heterocycles. The van der Waals surface area contributed by atoms with Crippen LogP contribution in [0.15, 0.2) is 29.3 Å². The summed E-state index contributed by atoms with van der Waals surface area (Å²) in [6.07, 6.45) is 3.05. The number of sulfonamides is 1. The van der Waals surface area contributed by atoms with E-state index in [4.69, 9.17) is 10.5 Å². The molecule has 0 unspecified atom stereocenters. The van der Waals surface area contributed by atoms with Gasteiger partial charge in [-0.05, 0) is 31.0 Å². The van der Waals surface area contributed by atoms with E-state index in [1.807, 2.05) is 0 Å². The van der Waals surface area contributed by atoms with E-state index in [1.54, 1.807) is 25.3 Å². The third-order valence-corrected chi connectivity index (χ3v) is 4.53. The predicted octanol–water partition coefficient (Wildman–Crippen LogP) is 1.46. The van der Waals surface area contributed by atoms with Crippen molar-refractivity contribution in [2.45, 2.75) is 17.7 Å². The van der Waals surface area contributed by atoms with Crippen LogP contribution >= 0.6 is 0 Å². The number of nitrogen functional groups attached to an aromatic ring is 1. The van der Waals surface area contributed by atoms with Crippen LogP contribution in [0.25, 0.3) is 10.9 Å². The maximum Gasteiger partial charge on any atom is 0.242 e. The summed E-state index contributed by atoms with van der Waals surface area (Å²) in [6.45, 7) is 1.03. The molecule has 1 aromatic heterocycles. The predicted molar refractivity (Wildman–Crippen MR) is 79.0 cm³/mol. The van der Waals surface area contributed by atoms with Crippen molar-refractivity contribution in [1.29, 1.82) is 0 Å². The Balaban J connectivity index is 2.11. The fourth-order valence-electron chi connectivity index (χ4n) is 2.00. The van der Waals surface area contributed by atoms with Crippen molar-refractivity contribution in [3.05, 3.63) is 24.4 Å². The summed E-state index contributed by atoms with van der Waals surface area (Å²) in [4.78, 5) is 3.18. The van der Waals surface area contributed by atoms with Gasteiger partial charge < -0.3 is 15.5 Å². The zero-order chi connectivity index (χ0) is 14.6. The zero-order valence-corrected chi connectivity index (χ0v) is 12.2. The lowest BCUT2D eigenvalue weighted by molar-refractivity contribution is 0.193. The molecule has 0 aliphatic carbocycles. The number of aromatic amines is 1. The highest BCUT2D eigenvalue weighted by Crippen LogP contribution is 2.24. The minimum atomic E-state index is -3.51. The van der Waals surface area contributed by atoms with Gasteiger partial charge in [0, 0.05) is 43.0 Å². The number of hydrogen-bond donors (Lipinski definition) is 3. The van der Waals surface area contributed by atoms with E-state index in [0.29, 0.717) is 29.7 Å². The fraction of sp³-hybridized carbons (Fsp3) is 0.385. The van der Waals surface area contributed by atoms with E-state index < -0.39 is 10.0 Å². The topological polar surface area (TPSA) is 97.2 Å². The van der Waals surface area contributed by atoms with Crippen LogP contribution in [-0.4, -0.2) is 33.7 Å². The number of rotatable bonds is 7. The van der Waals surface area contributed by atoms with Gasteiger partial charge in [-0.1, -0.05) is 0 Å². The first-order valence-corrected chi connectivity index (χ1v) is 7.88. The van der Waals surface area contributed by atoms with Gasteiger partial charge in [0.25, 0.3) is 0 Å². The Labute approximate surface area is 118 Å². The van der Waals surface area contributed by atoms with E-state index in [1.165, 1.54) is 6.20 Å². The molecule has 0 fully saturated rings. The molecule has 2 rings (SSSR count). The van der Waals surface area contributed by atoms with Crippen molar-refractivity contribution in [3.8, 4) is 0 Å². The van der Waals surface area contributed by atoms with Crippen LogP contribution in [0.5, 0.6) is 0 Å². The highest BCUT2D eigenvalue weighted by atomic mass is 32.2. The monoisotopic (exact) mass is 297 g/mol. The zero-order valence-electron chi connectivity index (χ0n) is 11.3. The number of nitrogens with one attached hydrogen (secondary N) is 2. The van der Waals surface area contributed by atoms with Gasteiger partial charge in [0.15, 0.2) is 0 Å². The van der Waals surface area contributed by atoms with Gasteiger partial charge in [0.05, 0.1) is 0 Å². The van der Waals surface area contributed by atoms with Gasteiger partial charge >= 0.3 is 0 Å². The Morgan fingerprint density at radius 2 is 2.15 bits per heavy atom. The molecular formula is C13H19N3O3S. The highest BCUT2D eigenvalue weighted by Gasteiger charge is 2.18. The van der Waals surface area contributed by atoms with E-state index in [9.17, 15) is 8.42 Å². The van der Waals surface area contributed by atoms with E-state index >= 15 is 0 Å². The van der Waals surface area contributed by atoms with Gasteiger partial charge in [0.2, 0.25) is 10.0 Å². The third-order valence-electron chi connectivity index (χ3n) is 3.02. The average Bonchev–Trinajstić information content (AvgIpc) is 2.82. The molecule has 0 amide bonds. The lowest BCUT2D eigenvalue weighted by Crippen LogP contribution is -2.24. The van der Waals surface area contributed by atoms with Crippen LogP contribution in [0.3, 0.4) is 0 Å². The van der Waals surface area contributed by atoms with Crippen molar-refractivity contribution in [1.82, 2.24) is 9.71 Å². The number of aromatic nitrogens is 1. The molecule has 1 aromatic carbocycles. The summed E-state index contributed by atoms with van der Waals surface area (Å²) in [5.74, 6) is 0. The van der Waals surface area contributed by atoms with Gasteiger partial charge in [0.1, 0.15) is 4.90 Å². The molecule has 110 valence electrons. The van der Waals surface area contributed by atoms with Gasteiger partial charge in [-0.2, -0.15) is 0 Å². The van der Waals surface area contributed by atoms with Crippen molar-refractivity contribution < 1.29 is 13.2 Å². The van der Waals surface area contributed by atoms with E-state index in [0.717, 1.165) is 12.8 Å². The average molecular weight is 297 g/mol. The molecule has 6 nitrogen and oxygen atoms in total. The van der Waals surface area contributed by atoms with Crippen LogP contribution in [-0.2, 0) is 14.8 Å². The number of unbranched alkanes of at least 4 members (excludes halogenated alkanes) is 1. The summed E-state index contributed by atoms with van der Waals surface area (Å²) in [5, 5.41) is 0.642. The summed E-state index contributed by atoms with van der Waals surface area (Å²) >= 11 is 0. The number of hydrogen-bond acceptors (Lipinski definition) is 4. The molecule has 0 aliphatic heterocycles. The largest absolute Gasteiger partial charge is 0.399 e. The van der Waals surface area contributed by atoms with Crippen molar-refractivity contribution in [3.63, 3.8) is 0 Å². The Hall–Kier alpha value is -1.57. The molecule has 0 radical (unpaired) electrons. The van der Waals surface area contributed by atoms with E-state index in [2.05, 4.69) is 9.71 Å². The molecule has 0 atom stereocenters. The number of anilines is 1. The quantitative estimate of drug-likeness (QED) is 0.532. The number of nitrogens with two attached hydrogens (primary N) is 1. The van der Waals surface area contributed by atoms with Gasteiger partial charge in [-0.3, -0.25) is 0 Å². The summed E-state index contributed by atoms with van der Waals surface area (Å²) < 4.78 is 32.0. The standard InChI is InChI=1S/C13H19N3O3S/c1-19-7-3-2-6-16-20(17,18)13-9-15-12-8-10(14)4-5-11(12)13/h4-5,8-9,15-16H,2-3,6-7,14H2,1H3. The number of ether oxygens (including phenoxy) is 1. The Morgan fingerprint density at radius 3 is 2.90 bits per heavy atom. The molecule has 1 heterocycles. The van der Waals surface area contributed by atoms with Crippen LogP contribution in [0, 0.1) is 0 Å². The highest BCUT2D eigenvalue weighted by molar-refractivity contribution is 7.89. The fourth-order valence-corrected chi connectivity index (χ4v) is 3.25. The van der Waals surface area contributed by atoms with Crippen LogP contribution in [0.4, 0.5) is 5.69 Å².